The van der Waals surface area contributed by atoms with Crippen molar-refractivity contribution in [2.45, 2.75) is 32.5 Å². The lowest BCUT2D eigenvalue weighted by molar-refractivity contribution is -0.137. The number of aliphatic hydroxyl groups is 1. The highest BCUT2D eigenvalue weighted by Crippen LogP contribution is 2.31. The number of amides is 2. The minimum Gasteiger partial charge on any atom is -0.465 e. The maximum atomic E-state index is 12.7. The van der Waals surface area contributed by atoms with E-state index in [2.05, 4.69) is 5.32 Å². The Morgan fingerprint density at radius 1 is 1.20 bits per heavy atom. The van der Waals surface area contributed by atoms with Gasteiger partial charge in [-0.05, 0) is 36.6 Å². The van der Waals surface area contributed by atoms with Crippen LogP contribution in [0.3, 0.4) is 0 Å². The molecule has 0 aromatic heterocycles. The van der Waals surface area contributed by atoms with Gasteiger partial charge in [-0.2, -0.15) is 13.2 Å². The Kier molecular flexibility index (Phi) is 7.22. The number of hydrogen-bond acceptors (Lipinski definition) is 3. The summed E-state index contributed by atoms with van der Waals surface area (Å²) in [4.78, 5) is 24.7. The summed E-state index contributed by atoms with van der Waals surface area (Å²) >= 11 is 0. The molecule has 0 heterocycles. The lowest BCUT2D eigenvalue weighted by atomic mass is 10.0. The molecule has 0 aliphatic carbocycles. The number of alkyl halides is 3. The third-order valence-electron chi connectivity index (χ3n) is 3.40. The molecule has 0 spiro atoms. The summed E-state index contributed by atoms with van der Waals surface area (Å²) in [6.45, 7) is 3.22. The van der Waals surface area contributed by atoms with Crippen molar-refractivity contribution in [2.24, 2.45) is 5.92 Å². The molecule has 140 valence electrons. The van der Waals surface area contributed by atoms with Crippen LogP contribution in [0.5, 0.6) is 0 Å². The summed E-state index contributed by atoms with van der Waals surface area (Å²) in [6.07, 6.45) is -5.82. The van der Waals surface area contributed by atoms with Crippen molar-refractivity contribution in [3.05, 3.63) is 29.8 Å². The molecule has 0 fully saturated rings. The van der Waals surface area contributed by atoms with Crippen LogP contribution in [0.4, 0.5) is 23.7 Å². The van der Waals surface area contributed by atoms with Crippen LogP contribution >= 0.6 is 0 Å². The third kappa shape index (κ3) is 5.93. The van der Waals surface area contributed by atoms with E-state index in [1.165, 1.54) is 0 Å². The molecule has 1 rings (SSSR count). The molecule has 1 aromatic rings. The molecule has 0 radical (unpaired) electrons. The number of carboxylic acid groups (broad SMARTS) is 1. The first kappa shape index (κ1) is 20.8. The van der Waals surface area contributed by atoms with E-state index in [4.69, 9.17) is 5.11 Å². The van der Waals surface area contributed by atoms with Gasteiger partial charge in [0.2, 0.25) is 5.91 Å². The molecule has 0 aliphatic rings. The van der Waals surface area contributed by atoms with E-state index >= 15 is 0 Å². The minimum absolute atomic E-state index is 0.0368. The number of anilines is 1. The van der Waals surface area contributed by atoms with Gasteiger partial charge < -0.3 is 15.5 Å². The van der Waals surface area contributed by atoms with Crippen molar-refractivity contribution >= 4 is 17.7 Å². The minimum atomic E-state index is -4.54. The first-order valence-corrected chi connectivity index (χ1v) is 7.66. The predicted octanol–water partition coefficient (Wildman–Crippen LogP) is 2.71. The molecule has 0 aliphatic heterocycles. The molecular formula is C16H21F3N2O4. The van der Waals surface area contributed by atoms with E-state index in [0.717, 1.165) is 29.2 Å². The molecule has 0 bridgehead atoms. The van der Waals surface area contributed by atoms with Crippen molar-refractivity contribution in [3.8, 4) is 0 Å². The second-order valence-electron chi connectivity index (χ2n) is 5.86. The molecule has 3 N–H and O–H groups in total. The number of aliphatic hydroxyl groups excluding tert-OH is 1. The number of carbonyl (C=O) groups excluding carboxylic acids is 1. The van der Waals surface area contributed by atoms with Crippen LogP contribution in [0.25, 0.3) is 0 Å². The van der Waals surface area contributed by atoms with Gasteiger partial charge in [-0.1, -0.05) is 13.8 Å². The Labute approximate surface area is 143 Å². The standard InChI is InChI=1S/C16H21F3N2O4/c1-10(2)9-13(14(23)20-7-8-22)21(15(24)25)12-5-3-11(4-6-12)16(17,18)19/h3-6,10,13,22H,7-9H2,1-2H3,(H,20,23)(H,24,25)/t13-/m0/s1. The van der Waals surface area contributed by atoms with E-state index in [9.17, 15) is 27.9 Å². The lowest BCUT2D eigenvalue weighted by Crippen LogP contribution is -2.50. The highest BCUT2D eigenvalue weighted by molar-refractivity contribution is 5.96. The quantitative estimate of drug-likeness (QED) is 0.696. The maximum absolute atomic E-state index is 12.7. The zero-order chi connectivity index (χ0) is 19.2. The zero-order valence-corrected chi connectivity index (χ0v) is 13.9. The molecule has 0 saturated heterocycles. The van der Waals surface area contributed by atoms with E-state index in [-0.39, 0.29) is 31.2 Å². The Hall–Kier alpha value is -2.29. The Balaban J connectivity index is 3.19. The Bertz CT molecular complexity index is 588. The second kappa shape index (κ2) is 8.70. The topological polar surface area (TPSA) is 89.9 Å². The smallest absolute Gasteiger partial charge is 0.416 e. The number of halogens is 3. The van der Waals surface area contributed by atoms with Crippen LogP contribution in [0, 0.1) is 5.92 Å². The van der Waals surface area contributed by atoms with Crippen molar-refractivity contribution in [1.82, 2.24) is 5.32 Å². The molecule has 0 saturated carbocycles. The Morgan fingerprint density at radius 3 is 2.16 bits per heavy atom. The van der Waals surface area contributed by atoms with Crippen molar-refractivity contribution < 1.29 is 33.0 Å². The van der Waals surface area contributed by atoms with Gasteiger partial charge in [0.25, 0.3) is 0 Å². The summed E-state index contributed by atoms with van der Waals surface area (Å²) in [7, 11) is 0. The maximum Gasteiger partial charge on any atom is 0.416 e. The molecule has 1 atom stereocenters. The van der Waals surface area contributed by atoms with E-state index in [1.807, 2.05) is 0 Å². The SMILES string of the molecule is CC(C)C[C@@H](C(=O)NCCO)N(C(=O)O)c1ccc(C(F)(F)F)cc1. The first-order chi connectivity index (χ1) is 11.6. The fourth-order valence-corrected chi connectivity index (χ4v) is 2.31. The van der Waals surface area contributed by atoms with E-state index in [1.54, 1.807) is 13.8 Å². The fourth-order valence-electron chi connectivity index (χ4n) is 2.31. The normalized spacial score (nSPS) is 12.8. The number of hydrogen-bond donors (Lipinski definition) is 3. The van der Waals surface area contributed by atoms with Gasteiger partial charge in [0.15, 0.2) is 0 Å². The van der Waals surface area contributed by atoms with E-state index < -0.39 is 29.8 Å². The van der Waals surface area contributed by atoms with Gasteiger partial charge >= 0.3 is 12.3 Å². The average Bonchev–Trinajstić information content (AvgIpc) is 2.50. The first-order valence-electron chi connectivity index (χ1n) is 7.66. The summed E-state index contributed by atoms with van der Waals surface area (Å²) < 4.78 is 38.0. The monoisotopic (exact) mass is 362 g/mol. The Morgan fingerprint density at radius 2 is 1.76 bits per heavy atom. The van der Waals surface area contributed by atoms with Gasteiger partial charge in [-0.25, -0.2) is 4.79 Å². The van der Waals surface area contributed by atoms with E-state index in [0.29, 0.717) is 0 Å². The fraction of sp³-hybridized carbons (Fsp3) is 0.500. The number of nitrogens with zero attached hydrogens (tertiary/aromatic N) is 1. The molecule has 25 heavy (non-hydrogen) atoms. The van der Waals surface area contributed by atoms with Crippen LogP contribution in [0.2, 0.25) is 0 Å². The van der Waals surface area contributed by atoms with Crippen LogP contribution in [-0.2, 0) is 11.0 Å². The van der Waals surface area contributed by atoms with Crippen molar-refractivity contribution in [3.63, 3.8) is 0 Å². The van der Waals surface area contributed by atoms with Gasteiger partial charge in [0.05, 0.1) is 12.2 Å². The van der Waals surface area contributed by atoms with Gasteiger partial charge in [0, 0.05) is 12.2 Å². The number of nitrogens with one attached hydrogen (secondary N) is 1. The van der Waals surface area contributed by atoms with Crippen LogP contribution in [0.15, 0.2) is 24.3 Å². The van der Waals surface area contributed by atoms with Gasteiger partial charge in [0.1, 0.15) is 6.04 Å². The zero-order valence-electron chi connectivity index (χ0n) is 13.9. The molecule has 1 aromatic carbocycles. The summed E-state index contributed by atoms with van der Waals surface area (Å²) in [5.74, 6) is -0.661. The largest absolute Gasteiger partial charge is 0.465 e. The molecule has 2 amide bonds. The molecule has 9 heteroatoms. The summed E-state index contributed by atoms with van der Waals surface area (Å²) in [6, 6.07) is 2.45. The van der Waals surface area contributed by atoms with Crippen LogP contribution in [-0.4, -0.2) is 41.4 Å². The molecular weight excluding hydrogens is 341 g/mol. The van der Waals surface area contributed by atoms with Gasteiger partial charge in [-0.15, -0.1) is 0 Å². The summed E-state index contributed by atoms with van der Waals surface area (Å²) in [5.41, 5.74) is -0.947. The highest BCUT2D eigenvalue weighted by Gasteiger charge is 2.33. The van der Waals surface area contributed by atoms with Crippen LogP contribution < -0.4 is 10.2 Å². The summed E-state index contributed by atoms with van der Waals surface area (Å²) in [5, 5.41) is 20.7. The molecule has 6 nitrogen and oxygen atoms in total. The number of carbonyl (C=O) groups is 2. The average molecular weight is 362 g/mol. The van der Waals surface area contributed by atoms with Crippen LogP contribution in [0.1, 0.15) is 25.8 Å². The third-order valence-corrected chi connectivity index (χ3v) is 3.40. The second-order valence-corrected chi connectivity index (χ2v) is 5.86. The number of benzene rings is 1. The van der Waals surface area contributed by atoms with Crippen molar-refractivity contribution in [1.29, 1.82) is 0 Å². The lowest BCUT2D eigenvalue weighted by Gasteiger charge is -2.30. The number of rotatable bonds is 7. The highest BCUT2D eigenvalue weighted by atomic mass is 19.4. The molecule has 0 unspecified atom stereocenters. The van der Waals surface area contributed by atoms with Crippen molar-refractivity contribution in [2.75, 3.05) is 18.1 Å². The predicted molar refractivity (Wildman–Crippen MR) is 85.3 cm³/mol. The van der Waals surface area contributed by atoms with Gasteiger partial charge in [-0.3, -0.25) is 9.69 Å².